The number of likely N-dealkylation sites (tertiary alicyclic amines) is 1. The van der Waals surface area contributed by atoms with Crippen molar-refractivity contribution in [2.24, 2.45) is 5.92 Å². The molecule has 0 amide bonds. The minimum atomic E-state index is -0.0326. The average molecular weight is 289 g/mol. The highest BCUT2D eigenvalue weighted by Crippen LogP contribution is 2.21. The molecule has 1 aromatic carbocycles. The van der Waals surface area contributed by atoms with Gasteiger partial charge in [-0.25, -0.2) is 0 Å². The highest BCUT2D eigenvalue weighted by molar-refractivity contribution is 5.73. The summed E-state index contributed by atoms with van der Waals surface area (Å²) in [5, 5.41) is 0. The Morgan fingerprint density at radius 2 is 2.10 bits per heavy atom. The number of ether oxygens (including phenoxy) is 1. The SMILES string of the molecule is Cc1ccc(CN2CCCC(C(=O)OC(C)C)C2)cc1C. The molecule has 116 valence electrons. The van der Waals surface area contributed by atoms with Crippen molar-refractivity contribution in [2.75, 3.05) is 13.1 Å². The molecule has 0 saturated carbocycles. The van der Waals surface area contributed by atoms with E-state index in [0.29, 0.717) is 0 Å². The third-order valence-electron chi connectivity index (χ3n) is 4.17. The standard InChI is InChI=1S/C18H27NO2/c1-13(2)21-18(20)17-6-5-9-19(12-17)11-16-8-7-14(3)15(4)10-16/h7-8,10,13,17H,5-6,9,11-12H2,1-4H3. The van der Waals surface area contributed by atoms with Gasteiger partial charge < -0.3 is 4.74 Å². The van der Waals surface area contributed by atoms with Crippen LogP contribution < -0.4 is 0 Å². The third-order valence-corrected chi connectivity index (χ3v) is 4.17. The van der Waals surface area contributed by atoms with E-state index in [1.807, 2.05) is 13.8 Å². The first kappa shape index (κ1) is 16.0. The van der Waals surface area contributed by atoms with Crippen LogP contribution in [0, 0.1) is 19.8 Å². The highest BCUT2D eigenvalue weighted by atomic mass is 16.5. The molecule has 1 heterocycles. The molecule has 1 aliphatic heterocycles. The summed E-state index contributed by atoms with van der Waals surface area (Å²) in [4.78, 5) is 14.4. The maximum Gasteiger partial charge on any atom is 0.310 e. The molecule has 2 rings (SSSR count). The zero-order chi connectivity index (χ0) is 15.4. The Balaban J connectivity index is 1.94. The largest absolute Gasteiger partial charge is 0.463 e. The van der Waals surface area contributed by atoms with Crippen molar-refractivity contribution in [2.45, 2.75) is 53.2 Å². The molecule has 3 heteroatoms. The number of nitrogens with zero attached hydrogens (tertiary/aromatic N) is 1. The van der Waals surface area contributed by atoms with Crippen LogP contribution in [0.3, 0.4) is 0 Å². The van der Waals surface area contributed by atoms with Crippen molar-refractivity contribution in [3.05, 3.63) is 34.9 Å². The molecule has 21 heavy (non-hydrogen) atoms. The van der Waals surface area contributed by atoms with Crippen LogP contribution in [0.5, 0.6) is 0 Å². The minimum absolute atomic E-state index is 0.0207. The van der Waals surface area contributed by atoms with Crippen LogP contribution in [-0.2, 0) is 16.1 Å². The van der Waals surface area contributed by atoms with Crippen molar-refractivity contribution in [3.63, 3.8) is 0 Å². The fraction of sp³-hybridized carbons (Fsp3) is 0.611. The number of piperidine rings is 1. The Kier molecular flexibility index (Phi) is 5.40. The van der Waals surface area contributed by atoms with E-state index in [0.717, 1.165) is 32.5 Å². The molecule has 1 aromatic rings. The summed E-state index contributed by atoms with van der Waals surface area (Å²) in [5.41, 5.74) is 3.99. The number of hydrogen-bond donors (Lipinski definition) is 0. The maximum atomic E-state index is 12.1. The quantitative estimate of drug-likeness (QED) is 0.795. The van der Waals surface area contributed by atoms with Gasteiger partial charge in [-0.15, -0.1) is 0 Å². The van der Waals surface area contributed by atoms with E-state index < -0.39 is 0 Å². The van der Waals surface area contributed by atoms with Crippen LogP contribution in [0.1, 0.15) is 43.4 Å². The zero-order valence-corrected chi connectivity index (χ0v) is 13.7. The fourth-order valence-electron chi connectivity index (χ4n) is 2.88. The molecule has 1 atom stereocenters. The van der Waals surface area contributed by atoms with Gasteiger partial charge >= 0.3 is 5.97 Å². The Morgan fingerprint density at radius 1 is 1.33 bits per heavy atom. The van der Waals surface area contributed by atoms with Crippen LogP contribution in [-0.4, -0.2) is 30.1 Å². The molecule has 1 aliphatic rings. The molecule has 0 spiro atoms. The van der Waals surface area contributed by atoms with Crippen LogP contribution in [0.4, 0.5) is 0 Å². The maximum absolute atomic E-state index is 12.1. The topological polar surface area (TPSA) is 29.5 Å². The molecule has 0 bridgehead atoms. The van der Waals surface area contributed by atoms with Crippen LogP contribution >= 0.6 is 0 Å². The van der Waals surface area contributed by atoms with E-state index in [1.165, 1.54) is 16.7 Å². The van der Waals surface area contributed by atoms with Crippen LogP contribution in [0.2, 0.25) is 0 Å². The Labute approximate surface area is 128 Å². The van der Waals surface area contributed by atoms with Gasteiger partial charge in [0.05, 0.1) is 12.0 Å². The summed E-state index contributed by atoms with van der Waals surface area (Å²) in [7, 11) is 0. The predicted octanol–water partition coefficient (Wildman–Crippen LogP) is 3.47. The Morgan fingerprint density at radius 3 is 2.76 bits per heavy atom. The molecular formula is C18H27NO2. The van der Waals surface area contributed by atoms with Crippen molar-refractivity contribution in [1.29, 1.82) is 0 Å². The lowest BCUT2D eigenvalue weighted by atomic mass is 9.97. The summed E-state index contributed by atoms with van der Waals surface area (Å²) >= 11 is 0. The molecule has 1 unspecified atom stereocenters. The summed E-state index contributed by atoms with van der Waals surface area (Å²) in [6.45, 7) is 10.9. The van der Waals surface area contributed by atoms with E-state index in [-0.39, 0.29) is 18.0 Å². The second-order valence-corrected chi connectivity index (χ2v) is 6.48. The van der Waals surface area contributed by atoms with Gasteiger partial charge in [0.25, 0.3) is 0 Å². The zero-order valence-electron chi connectivity index (χ0n) is 13.7. The molecule has 1 fully saturated rings. The molecule has 3 nitrogen and oxygen atoms in total. The van der Waals surface area contributed by atoms with Crippen LogP contribution in [0.25, 0.3) is 0 Å². The number of hydrogen-bond acceptors (Lipinski definition) is 3. The first-order chi connectivity index (χ1) is 9.95. The summed E-state index contributed by atoms with van der Waals surface area (Å²) in [6.07, 6.45) is 2.00. The predicted molar refractivity (Wildman–Crippen MR) is 85.1 cm³/mol. The van der Waals surface area contributed by atoms with Gasteiger partial charge in [0.15, 0.2) is 0 Å². The van der Waals surface area contributed by atoms with Gasteiger partial charge in [-0.3, -0.25) is 9.69 Å². The lowest BCUT2D eigenvalue weighted by molar-refractivity contribution is -0.154. The number of carbonyl (C=O) groups is 1. The molecule has 0 radical (unpaired) electrons. The Bertz CT molecular complexity index is 496. The fourth-order valence-corrected chi connectivity index (χ4v) is 2.88. The number of aryl methyl sites for hydroxylation is 2. The highest BCUT2D eigenvalue weighted by Gasteiger charge is 2.27. The summed E-state index contributed by atoms with van der Waals surface area (Å²) in [5.74, 6) is 0.00230. The van der Waals surface area contributed by atoms with Gasteiger partial charge in [-0.05, 0) is 63.8 Å². The molecular weight excluding hydrogens is 262 g/mol. The first-order valence-corrected chi connectivity index (χ1v) is 7.94. The van der Waals surface area contributed by atoms with Crippen molar-refractivity contribution >= 4 is 5.97 Å². The molecule has 0 aliphatic carbocycles. The number of benzene rings is 1. The van der Waals surface area contributed by atoms with E-state index in [4.69, 9.17) is 4.74 Å². The second-order valence-electron chi connectivity index (χ2n) is 6.48. The van der Waals surface area contributed by atoms with Gasteiger partial charge in [0, 0.05) is 13.1 Å². The normalized spacial score (nSPS) is 19.8. The molecule has 0 aromatic heterocycles. The third kappa shape index (κ3) is 4.57. The Hall–Kier alpha value is -1.35. The average Bonchev–Trinajstić information content (AvgIpc) is 2.42. The lowest BCUT2D eigenvalue weighted by Crippen LogP contribution is -2.39. The van der Waals surface area contributed by atoms with Gasteiger partial charge in [-0.2, -0.15) is 0 Å². The van der Waals surface area contributed by atoms with Gasteiger partial charge in [0.2, 0.25) is 0 Å². The van der Waals surface area contributed by atoms with Crippen molar-refractivity contribution in [1.82, 2.24) is 4.90 Å². The number of carbonyl (C=O) groups excluding carboxylic acids is 1. The minimum Gasteiger partial charge on any atom is -0.463 e. The van der Waals surface area contributed by atoms with E-state index >= 15 is 0 Å². The monoisotopic (exact) mass is 289 g/mol. The number of esters is 1. The van der Waals surface area contributed by atoms with Gasteiger partial charge in [-0.1, -0.05) is 18.2 Å². The first-order valence-electron chi connectivity index (χ1n) is 7.94. The van der Waals surface area contributed by atoms with Gasteiger partial charge in [0.1, 0.15) is 0 Å². The van der Waals surface area contributed by atoms with E-state index in [1.54, 1.807) is 0 Å². The van der Waals surface area contributed by atoms with Crippen molar-refractivity contribution in [3.8, 4) is 0 Å². The number of rotatable bonds is 4. The smallest absolute Gasteiger partial charge is 0.310 e. The van der Waals surface area contributed by atoms with E-state index in [9.17, 15) is 4.79 Å². The van der Waals surface area contributed by atoms with Crippen molar-refractivity contribution < 1.29 is 9.53 Å². The van der Waals surface area contributed by atoms with E-state index in [2.05, 4.69) is 36.9 Å². The second kappa shape index (κ2) is 7.08. The lowest BCUT2D eigenvalue weighted by Gasteiger charge is -2.32. The summed E-state index contributed by atoms with van der Waals surface area (Å²) in [6, 6.07) is 6.63. The summed E-state index contributed by atoms with van der Waals surface area (Å²) < 4.78 is 5.36. The van der Waals surface area contributed by atoms with Crippen LogP contribution in [0.15, 0.2) is 18.2 Å². The molecule has 1 saturated heterocycles. The molecule has 0 N–H and O–H groups in total.